The van der Waals surface area contributed by atoms with Gasteiger partial charge in [-0.1, -0.05) is 6.07 Å². The number of hydrogen-bond acceptors (Lipinski definition) is 3. The van der Waals surface area contributed by atoms with Crippen LogP contribution in [0.2, 0.25) is 0 Å². The van der Waals surface area contributed by atoms with Gasteiger partial charge in [-0.3, -0.25) is 9.59 Å². The Balaban J connectivity index is 1.93. The van der Waals surface area contributed by atoms with Crippen molar-refractivity contribution >= 4 is 22.5 Å². The topological polar surface area (TPSA) is 76.1 Å². The van der Waals surface area contributed by atoms with Crippen molar-refractivity contribution in [3.63, 3.8) is 0 Å². The van der Waals surface area contributed by atoms with Gasteiger partial charge in [0.15, 0.2) is 5.75 Å². The van der Waals surface area contributed by atoms with E-state index in [1.807, 2.05) is 42.1 Å². The van der Waals surface area contributed by atoms with Crippen LogP contribution in [0.1, 0.15) is 10.5 Å². The summed E-state index contributed by atoms with van der Waals surface area (Å²) in [5.74, 6) is -0.210. The third-order valence-corrected chi connectivity index (χ3v) is 3.52. The van der Waals surface area contributed by atoms with Gasteiger partial charge in [0.2, 0.25) is 5.43 Å². The molecule has 0 radical (unpaired) electrons. The number of amides is 1. The van der Waals surface area contributed by atoms with Gasteiger partial charge in [-0.15, -0.1) is 0 Å². The number of aromatic nitrogens is 2. The normalized spacial score (nSPS) is 10.6. The van der Waals surface area contributed by atoms with Crippen molar-refractivity contribution in [1.29, 1.82) is 0 Å². The molecule has 0 bridgehead atoms. The number of H-pyrrole nitrogens is 1. The minimum atomic E-state index is -0.379. The maximum Gasteiger partial charge on any atom is 0.272 e. The summed E-state index contributed by atoms with van der Waals surface area (Å²) in [5, 5.41) is 3.76. The number of methoxy groups -OCH3 is 1. The highest BCUT2D eigenvalue weighted by atomic mass is 16.5. The Morgan fingerprint density at radius 3 is 2.86 bits per heavy atom. The van der Waals surface area contributed by atoms with Crippen LogP contribution in [0.25, 0.3) is 10.9 Å². The number of fused-ring (bicyclic) bond motifs is 1. The first-order valence-electron chi connectivity index (χ1n) is 6.72. The lowest BCUT2D eigenvalue weighted by Crippen LogP contribution is -2.17. The zero-order valence-corrected chi connectivity index (χ0v) is 12.2. The Labute approximate surface area is 126 Å². The quantitative estimate of drug-likeness (QED) is 0.777. The van der Waals surface area contributed by atoms with E-state index in [0.29, 0.717) is 5.69 Å². The van der Waals surface area contributed by atoms with E-state index in [0.717, 1.165) is 10.9 Å². The second-order valence-electron chi connectivity index (χ2n) is 4.90. The van der Waals surface area contributed by atoms with Crippen molar-refractivity contribution in [2.24, 2.45) is 7.05 Å². The van der Waals surface area contributed by atoms with Crippen LogP contribution in [-0.2, 0) is 7.05 Å². The van der Waals surface area contributed by atoms with E-state index in [2.05, 4.69) is 10.3 Å². The van der Waals surface area contributed by atoms with E-state index in [9.17, 15) is 9.59 Å². The van der Waals surface area contributed by atoms with Gasteiger partial charge in [0.25, 0.3) is 5.91 Å². The minimum Gasteiger partial charge on any atom is -0.491 e. The van der Waals surface area contributed by atoms with Gasteiger partial charge >= 0.3 is 0 Å². The fraction of sp³-hybridized carbons (Fsp3) is 0.125. The maximum absolute atomic E-state index is 12.3. The Bertz CT molecular complexity index is 908. The number of aromatic amines is 1. The van der Waals surface area contributed by atoms with Crippen LogP contribution in [0, 0.1) is 0 Å². The van der Waals surface area contributed by atoms with E-state index in [1.54, 1.807) is 0 Å². The molecule has 3 aromatic rings. The van der Waals surface area contributed by atoms with Crippen LogP contribution in [0.3, 0.4) is 0 Å². The Kier molecular flexibility index (Phi) is 3.42. The summed E-state index contributed by atoms with van der Waals surface area (Å²) >= 11 is 0. The summed E-state index contributed by atoms with van der Waals surface area (Å²) < 4.78 is 6.85. The fourth-order valence-corrected chi connectivity index (χ4v) is 2.35. The number of pyridine rings is 1. The maximum atomic E-state index is 12.3. The highest BCUT2D eigenvalue weighted by molar-refractivity contribution is 6.07. The second-order valence-corrected chi connectivity index (χ2v) is 4.90. The standard InChI is InChI=1S/C16H15N3O3/c1-19-7-6-10-11(4-3-5-13(10)19)18-16(21)12-8-14(20)15(22-2)9-17-12/h3-9H,1-2H3,(H,17,20)(H,18,21). The van der Waals surface area contributed by atoms with Crippen LogP contribution in [-0.4, -0.2) is 22.6 Å². The Hall–Kier alpha value is -3.02. The largest absolute Gasteiger partial charge is 0.491 e. The lowest BCUT2D eigenvalue weighted by molar-refractivity contribution is 0.102. The van der Waals surface area contributed by atoms with Gasteiger partial charge < -0.3 is 19.6 Å². The number of ether oxygens (including phenoxy) is 1. The monoisotopic (exact) mass is 297 g/mol. The van der Waals surface area contributed by atoms with Crippen LogP contribution < -0.4 is 15.5 Å². The van der Waals surface area contributed by atoms with Crippen molar-refractivity contribution in [3.8, 4) is 5.75 Å². The number of benzene rings is 1. The molecule has 0 spiro atoms. The smallest absolute Gasteiger partial charge is 0.272 e. The molecule has 0 saturated heterocycles. The minimum absolute atomic E-state index is 0.168. The molecule has 0 fully saturated rings. The third-order valence-electron chi connectivity index (χ3n) is 3.52. The molecule has 0 unspecified atom stereocenters. The Morgan fingerprint density at radius 2 is 2.14 bits per heavy atom. The van der Waals surface area contributed by atoms with Crippen molar-refractivity contribution in [1.82, 2.24) is 9.55 Å². The molecule has 0 atom stereocenters. The highest BCUT2D eigenvalue weighted by Crippen LogP contribution is 2.24. The Morgan fingerprint density at radius 1 is 1.32 bits per heavy atom. The van der Waals surface area contributed by atoms with E-state index in [4.69, 9.17) is 4.74 Å². The highest BCUT2D eigenvalue weighted by Gasteiger charge is 2.11. The first kappa shape index (κ1) is 13.9. The zero-order valence-electron chi connectivity index (χ0n) is 12.2. The number of carbonyl (C=O) groups excluding carboxylic acids is 1. The first-order chi connectivity index (χ1) is 10.6. The van der Waals surface area contributed by atoms with Gasteiger partial charge in [-0.2, -0.15) is 0 Å². The molecule has 0 aliphatic carbocycles. The van der Waals surface area contributed by atoms with E-state index in [1.165, 1.54) is 19.4 Å². The summed E-state index contributed by atoms with van der Waals surface area (Å²) in [5.41, 5.74) is 1.55. The van der Waals surface area contributed by atoms with Gasteiger partial charge in [-0.25, -0.2) is 0 Å². The molecule has 0 aliphatic heterocycles. The number of carbonyl (C=O) groups is 1. The number of nitrogens with one attached hydrogen (secondary N) is 2. The molecule has 0 saturated carbocycles. The molecule has 2 N–H and O–H groups in total. The predicted octanol–water partition coefficient (Wildman–Crippen LogP) is 2.13. The molecule has 1 aromatic carbocycles. The summed E-state index contributed by atoms with van der Waals surface area (Å²) in [6, 6.07) is 8.82. The van der Waals surface area contributed by atoms with Crippen LogP contribution in [0.5, 0.6) is 5.75 Å². The average molecular weight is 297 g/mol. The molecular formula is C16H15N3O3. The lowest BCUT2D eigenvalue weighted by Gasteiger charge is -2.07. The average Bonchev–Trinajstić information content (AvgIpc) is 2.90. The third kappa shape index (κ3) is 2.35. The molecule has 6 nitrogen and oxygen atoms in total. The van der Waals surface area contributed by atoms with E-state index >= 15 is 0 Å². The van der Waals surface area contributed by atoms with Gasteiger partial charge in [0.05, 0.1) is 12.8 Å². The number of aryl methyl sites for hydroxylation is 1. The number of nitrogens with zero attached hydrogens (tertiary/aromatic N) is 1. The predicted molar refractivity (Wildman–Crippen MR) is 84.5 cm³/mol. The van der Waals surface area contributed by atoms with Crippen molar-refractivity contribution < 1.29 is 9.53 Å². The summed E-state index contributed by atoms with van der Waals surface area (Å²) in [6.45, 7) is 0. The molecule has 112 valence electrons. The van der Waals surface area contributed by atoms with Crippen LogP contribution >= 0.6 is 0 Å². The van der Waals surface area contributed by atoms with Gasteiger partial charge in [0, 0.05) is 36.4 Å². The SMILES string of the molecule is COc1c[nH]c(C(=O)Nc2cccc3c2ccn3C)cc1=O. The number of rotatable bonds is 3. The van der Waals surface area contributed by atoms with Crippen molar-refractivity contribution in [2.75, 3.05) is 12.4 Å². The van der Waals surface area contributed by atoms with Crippen molar-refractivity contribution in [3.05, 3.63) is 58.6 Å². The summed E-state index contributed by atoms with van der Waals surface area (Å²) in [6.07, 6.45) is 3.30. The zero-order chi connectivity index (χ0) is 15.7. The molecule has 3 rings (SSSR count). The molecule has 22 heavy (non-hydrogen) atoms. The van der Waals surface area contributed by atoms with Gasteiger partial charge in [0.1, 0.15) is 5.69 Å². The molecule has 6 heteroatoms. The molecular weight excluding hydrogens is 282 g/mol. The first-order valence-corrected chi connectivity index (χ1v) is 6.72. The molecule has 2 heterocycles. The fourth-order valence-electron chi connectivity index (χ4n) is 2.35. The molecule has 2 aromatic heterocycles. The number of hydrogen-bond donors (Lipinski definition) is 2. The van der Waals surface area contributed by atoms with Crippen molar-refractivity contribution in [2.45, 2.75) is 0 Å². The molecule has 0 aliphatic rings. The summed E-state index contributed by atoms with van der Waals surface area (Å²) in [4.78, 5) is 26.8. The van der Waals surface area contributed by atoms with E-state index in [-0.39, 0.29) is 22.8 Å². The number of anilines is 1. The lowest BCUT2D eigenvalue weighted by atomic mass is 10.2. The second kappa shape index (κ2) is 5.40. The van der Waals surface area contributed by atoms with Crippen LogP contribution in [0.4, 0.5) is 5.69 Å². The van der Waals surface area contributed by atoms with Gasteiger partial charge in [-0.05, 0) is 18.2 Å². The summed E-state index contributed by atoms with van der Waals surface area (Å²) in [7, 11) is 3.34. The van der Waals surface area contributed by atoms with Crippen LogP contribution in [0.15, 0.2) is 47.5 Å². The van der Waals surface area contributed by atoms with E-state index < -0.39 is 0 Å². The molecule has 1 amide bonds.